The van der Waals surface area contributed by atoms with Crippen molar-refractivity contribution in [3.63, 3.8) is 0 Å². The smallest absolute Gasteiger partial charge is 0.175 e. The minimum atomic E-state index is -2.97. The molecule has 2 rings (SSSR count). The van der Waals surface area contributed by atoms with Crippen LogP contribution in [0.25, 0.3) is 0 Å². The van der Waals surface area contributed by atoms with Crippen molar-refractivity contribution in [1.82, 2.24) is 5.32 Å². The Labute approximate surface area is 127 Å². The average Bonchev–Trinajstić information content (AvgIpc) is 2.34. The van der Waals surface area contributed by atoms with Crippen LogP contribution in [0.4, 0.5) is 0 Å². The minimum absolute atomic E-state index is 0.100. The topological polar surface area (TPSA) is 64.6 Å². The lowest BCUT2D eigenvalue weighted by Crippen LogP contribution is -2.32. The van der Waals surface area contributed by atoms with E-state index in [1.807, 2.05) is 19.1 Å². The van der Waals surface area contributed by atoms with Gasteiger partial charge in [-0.25, -0.2) is 8.42 Å². The maximum atomic E-state index is 11.2. The van der Waals surface area contributed by atoms with Gasteiger partial charge in [-0.3, -0.25) is 0 Å². The third-order valence-corrected chi connectivity index (χ3v) is 4.56. The summed E-state index contributed by atoms with van der Waals surface area (Å²) in [6.45, 7) is 3.52. The molecular weight excluding hydrogens is 346 g/mol. The van der Waals surface area contributed by atoms with E-state index >= 15 is 0 Å². The average molecular weight is 364 g/mol. The van der Waals surface area contributed by atoms with E-state index in [1.54, 1.807) is 0 Å². The SMILES string of the molecule is CC(CS(C)(=O)=O)NCc1cc(Br)c2c(c1)OCCO2. The van der Waals surface area contributed by atoms with E-state index in [9.17, 15) is 8.42 Å². The number of nitrogens with one attached hydrogen (secondary N) is 1. The molecule has 0 saturated carbocycles. The van der Waals surface area contributed by atoms with E-state index in [-0.39, 0.29) is 11.8 Å². The van der Waals surface area contributed by atoms with Crippen molar-refractivity contribution in [2.45, 2.75) is 19.5 Å². The number of hydrogen-bond donors (Lipinski definition) is 1. The number of sulfone groups is 1. The van der Waals surface area contributed by atoms with E-state index in [0.717, 1.165) is 21.5 Å². The standard InChI is InChI=1S/C13H18BrNO4S/c1-9(8-20(2,16)17)15-7-10-5-11(14)13-12(6-10)18-3-4-19-13/h5-6,9,15H,3-4,7-8H2,1-2H3. The fourth-order valence-corrected chi connectivity index (χ4v) is 3.70. The molecule has 5 nitrogen and oxygen atoms in total. The maximum Gasteiger partial charge on any atom is 0.175 e. The number of fused-ring (bicyclic) bond motifs is 1. The van der Waals surface area contributed by atoms with Gasteiger partial charge in [0.2, 0.25) is 0 Å². The second kappa shape index (κ2) is 6.32. The largest absolute Gasteiger partial charge is 0.486 e. The Bertz CT molecular complexity index is 588. The molecule has 0 aliphatic carbocycles. The van der Waals surface area contributed by atoms with Gasteiger partial charge in [-0.15, -0.1) is 0 Å². The third kappa shape index (κ3) is 4.36. The predicted molar refractivity (Wildman–Crippen MR) is 81.1 cm³/mol. The highest BCUT2D eigenvalue weighted by Gasteiger charge is 2.17. The summed E-state index contributed by atoms with van der Waals surface area (Å²) in [7, 11) is -2.97. The van der Waals surface area contributed by atoms with Gasteiger partial charge in [0.1, 0.15) is 23.1 Å². The highest BCUT2D eigenvalue weighted by molar-refractivity contribution is 9.10. The second-order valence-corrected chi connectivity index (χ2v) is 8.02. The Hall–Kier alpha value is -0.790. The summed E-state index contributed by atoms with van der Waals surface area (Å²) in [5, 5.41) is 3.19. The van der Waals surface area contributed by atoms with Crippen LogP contribution in [0, 0.1) is 0 Å². The summed E-state index contributed by atoms with van der Waals surface area (Å²) in [6.07, 6.45) is 1.24. The normalized spacial score (nSPS) is 15.9. The van der Waals surface area contributed by atoms with Crippen LogP contribution in [0.1, 0.15) is 12.5 Å². The Balaban J connectivity index is 2.02. The Morgan fingerprint density at radius 1 is 1.35 bits per heavy atom. The summed E-state index contributed by atoms with van der Waals surface area (Å²) < 4.78 is 34.4. The molecule has 1 aromatic carbocycles. The first kappa shape index (κ1) is 15.6. The van der Waals surface area contributed by atoms with E-state index in [0.29, 0.717) is 19.8 Å². The van der Waals surface area contributed by atoms with Crippen molar-refractivity contribution < 1.29 is 17.9 Å². The summed E-state index contributed by atoms with van der Waals surface area (Å²) in [5.74, 6) is 1.57. The molecule has 20 heavy (non-hydrogen) atoms. The van der Waals surface area contributed by atoms with Gasteiger partial charge in [-0.2, -0.15) is 0 Å². The Morgan fingerprint density at radius 3 is 2.75 bits per heavy atom. The van der Waals surface area contributed by atoms with Crippen LogP contribution in [0.2, 0.25) is 0 Å². The van der Waals surface area contributed by atoms with E-state index in [4.69, 9.17) is 9.47 Å². The van der Waals surface area contributed by atoms with Crippen LogP contribution in [0.3, 0.4) is 0 Å². The molecule has 1 aliphatic rings. The number of hydrogen-bond acceptors (Lipinski definition) is 5. The lowest BCUT2D eigenvalue weighted by molar-refractivity contribution is 0.170. The van der Waals surface area contributed by atoms with E-state index in [1.165, 1.54) is 6.26 Å². The zero-order valence-electron chi connectivity index (χ0n) is 11.5. The molecule has 1 N–H and O–H groups in total. The van der Waals surface area contributed by atoms with E-state index in [2.05, 4.69) is 21.2 Å². The molecule has 1 unspecified atom stereocenters. The van der Waals surface area contributed by atoms with Crippen molar-refractivity contribution in [2.75, 3.05) is 25.2 Å². The van der Waals surface area contributed by atoms with Gasteiger partial charge in [0.25, 0.3) is 0 Å². The van der Waals surface area contributed by atoms with Crippen LogP contribution in [0.5, 0.6) is 11.5 Å². The summed E-state index contributed by atoms with van der Waals surface area (Å²) in [5.41, 5.74) is 1.02. The van der Waals surface area contributed by atoms with Crippen molar-refractivity contribution >= 4 is 25.8 Å². The zero-order valence-corrected chi connectivity index (χ0v) is 13.9. The molecule has 1 aliphatic heterocycles. The van der Waals surface area contributed by atoms with Crippen LogP contribution in [-0.2, 0) is 16.4 Å². The van der Waals surface area contributed by atoms with Gasteiger partial charge in [0.15, 0.2) is 11.5 Å². The fourth-order valence-electron chi connectivity index (χ4n) is 2.07. The first-order chi connectivity index (χ1) is 9.35. The van der Waals surface area contributed by atoms with Crippen LogP contribution >= 0.6 is 15.9 Å². The molecule has 0 spiro atoms. The molecule has 0 bridgehead atoms. The van der Waals surface area contributed by atoms with Gasteiger partial charge >= 0.3 is 0 Å². The summed E-state index contributed by atoms with van der Waals surface area (Å²) in [4.78, 5) is 0. The third-order valence-electron chi connectivity index (χ3n) is 2.86. The monoisotopic (exact) mass is 363 g/mol. The quantitative estimate of drug-likeness (QED) is 0.862. The Morgan fingerprint density at radius 2 is 2.05 bits per heavy atom. The van der Waals surface area contributed by atoms with Gasteiger partial charge in [0.05, 0.1) is 10.2 Å². The number of ether oxygens (including phenoxy) is 2. The number of halogens is 1. The highest BCUT2D eigenvalue weighted by atomic mass is 79.9. The van der Waals surface area contributed by atoms with Crippen molar-refractivity contribution in [3.05, 3.63) is 22.2 Å². The Kier molecular flexibility index (Phi) is 4.93. The molecule has 0 saturated heterocycles. The second-order valence-electron chi connectivity index (χ2n) is 4.98. The van der Waals surface area contributed by atoms with Crippen molar-refractivity contribution in [2.24, 2.45) is 0 Å². The van der Waals surface area contributed by atoms with Crippen molar-refractivity contribution in [1.29, 1.82) is 0 Å². The van der Waals surface area contributed by atoms with Gasteiger partial charge in [-0.1, -0.05) is 0 Å². The molecule has 1 aromatic rings. The number of benzene rings is 1. The maximum absolute atomic E-state index is 11.2. The molecular formula is C13H18BrNO4S. The summed E-state index contributed by atoms with van der Waals surface area (Å²) in [6, 6.07) is 3.77. The van der Waals surface area contributed by atoms with Gasteiger partial charge in [-0.05, 0) is 40.5 Å². The first-order valence-electron chi connectivity index (χ1n) is 6.34. The fraction of sp³-hybridized carbons (Fsp3) is 0.538. The molecule has 1 atom stereocenters. The molecule has 0 amide bonds. The highest BCUT2D eigenvalue weighted by Crippen LogP contribution is 2.38. The molecule has 0 aromatic heterocycles. The van der Waals surface area contributed by atoms with Crippen LogP contribution in [-0.4, -0.2) is 39.7 Å². The minimum Gasteiger partial charge on any atom is -0.486 e. The van der Waals surface area contributed by atoms with Crippen molar-refractivity contribution in [3.8, 4) is 11.5 Å². The number of rotatable bonds is 5. The molecule has 7 heteroatoms. The van der Waals surface area contributed by atoms with Gasteiger partial charge < -0.3 is 14.8 Å². The van der Waals surface area contributed by atoms with Gasteiger partial charge in [0, 0.05) is 18.8 Å². The lowest BCUT2D eigenvalue weighted by atomic mass is 10.2. The zero-order chi connectivity index (χ0) is 14.8. The predicted octanol–water partition coefficient (Wildman–Crippen LogP) is 1.74. The molecule has 0 radical (unpaired) electrons. The molecule has 1 heterocycles. The molecule has 0 fully saturated rings. The lowest BCUT2D eigenvalue weighted by Gasteiger charge is -2.21. The molecule has 112 valence electrons. The summed E-state index contributed by atoms with van der Waals surface area (Å²) >= 11 is 3.46. The van der Waals surface area contributed by atoms with E-state index < -0.39 is 9.84 Å². The van der Waals surface area contributed by atoms with Crippen LogP contribution in [0.15, 0.2) is 16.6 Å². The van der Waals surface area contributed by atoms with Crippen LogP contribution < -0.4 is 14.8 Å². The first-order valence-corrected chi connectivity index (χ1v) is 9.19.